The molecule has 1 heterocycles. The molecule has 1 aromatic heterocycles. The van der Waals surface area contributed by atoms with Crippen LogP contribution in [0.25, 0.3) is 22.3 Å². The minimum Gasteiger partial charge on any atom is -0.350 e. The van der Waals surface area contributed by atoms with Crippen LogP contribution in [0, 0.1) is 0 Å². The second-order valence-electron chi connectivity index (χ2n) is 12.3. The summed E-state index contributed by atoms with van der Waals surface area (Å²) >= 11 is 0. The molecule has 0 aliphatic heterocycles. The molecule has 0 unspecified atom stereocenters. The molecular formula is C39H32F6N3O3+. The fraction of sp³-hybridized carbons (Fsp3) is 0.205. The van der Waals surface area contributed by atoms with Crippen molar-refractivity contribution >= 4 is 17.6 Å². The zero-order valence-electron chi connectivity index (χ0n) is 27.0. The summed E-state index contributed by atoms with van der Waals surface area (Å²) in [7, 11) is 0. The van der Waals surface area contributed by atoms with E-state index in [1.807, 2.05) is 24.3 Å². The summed E-state index contributed by atoms with van der Waals surface area (Å²) in [6, 6.07) is 28.6. The number of benzene rings is 4. The van der Waals surface area contributed by atoms with Crippen molar-refractivity contribution in [2.45, 2.75) is 43.5 Å². The van der Waals surface area contributed by atoms with Crippen molar-refractivity contribution in [3.63, 3.8) is 0 Å². The molecule has 4 aromatic carbocycles. The second-order valence-corrected chi connectivity index (χ2v) is 12.3. The molecule has 0 radical (unpaired) electrons. The molecule has 12 heteroatoms. The van der Waals surface area contributed by atoms with Crippen LogP contribution in [0.1, 0.15) is 51.9 Å². The number of rotatable bonds is 10. The lowest BCUT2D eigenvalue weighted by atomic mass is 9.73. The number of nitrogens with one attached hydrogen (secondary N) is 2. The summed E-state index contributed by atoms with van der Waals surface area (Å²) in [5, 5.41) is 15.5. The maximum absolute atomic E-state index is 13.7. The van der Waals surface area contributed by atoms with E-state index in [0.29, 0.717) is 47.1 Å². The van der Waals surface area contributed by atoms with Crippen LogP contribution in [0.4, 0.5) is 32.2 Å². The largest absolute Gasteiger partial charge is 0.416 e. The van der Waals surface area contributed by atoms with Crippen molar-refractivity contribution in [1.82, 2.24) is 5.32 Å². The van der Waals surface area contributed by atoms with Crippen molar-refractivity contribution in [2.75, 3.05) is 11.9 Å². The highest BCUT2D eigenvalue weighted by atomic mass is 19.4. The van der Waals surface area contributed by atoms with E-state index in [0.717, 1.165) is 28.0 Å². The normalized spacial score (nSPS) is 13.3. The first-order valence-corrected chi connectivity index (χ1v) is 16.1. The predicted octanol–water partition coefficient (Wildman–Crippen LogP) is 8.51. The zero-order chi connectivity index (χ0) is 36.4. The molecule has 0 saturated carbocycles. The third-order valence-electron chi connectivity index (χ3n) is 9.09. The molecule has 0 atom stereocenters. The van der Waals surface area contributed by atoms with Crippen molar-refractivity contribution in [2.24, 2.45) is 0 Å². The average Bonchev–Trinajstić information content (AvgIpc) is 3.40. The Morgan fingerprint density at radius 3 is 1.88 bits per heavy atom. The van der Waals surface area contributed by atoms with Crippen molar-refractivity contribution in [1.29, 1.82) is 0 Å². The summed E-state index contributed by atoms with van der Waals surface area (Å²) in [6.07, 6.45) is -5.95. The number of pyridine rings is 1. The van der Waals surface area contributed by atoms with Gasteiger partial charge in [-0.15, -0.1) is 0 Å². The standard InChI is InChI=1S/C39H31F6N3O3/c40-38(41,42)24-46-36(50)37(32-14-5-3-11-29(32)30-12-4-6-15-33(30)37)22-8-7-9-25-16-21-34(48(51)23-25)47-35(49)31-13-2-1-10-28(31)26-17-19-27(20-18-26)39(43,44)45/h1-6,10-21,23,51H,7-9,22,24H2,(H,46,50)/p+1. The SMILES string of the molecule is O=C(Nc1ccc(CCCCC2(C(=O)NCC(F)(F)F)c3ccccc3-c3ccccc32)c[n+]1O)c1ccccc1-c1ccc(C(F)(F)F)cc1. The third-order valence-corrected chi connectivity index (χ3v) is 9.09. The minimum absolute atomic E-state index is 0.0467. The van der Waals surface area contributed by atoms with Crippen LogP contribution in [0.5, 0.6) is 0 Å². The number of hydrogen-bond donors (Lipinski definition) is 3. The second kappa shape index (κ2) is 13.9. The van der Waals surface area contributed by atoms with E-state index in [9.17, 15) is 41.1 Å². The smallest absolute Gasteiger partial charge is 0.350 e. The summed E-state index contributed by atoms with van der Waals surface area (Å²) in [5.41, 5.74) is 2.47. The monoisotopic (exact) mass is 704 g/mol. The molecule has 6 nitrogen and oxygen atoms in total. The first kappa shape index (κ1) is 35.2. The van der Waals surface area contributed by atoms with Crippen LogP contribution >= 0.6 is 0 Å². The molecule has 262 valence electrons. The number of anilines is 1. The van der Waals surface area contributed by atoms with E-state index >= 15 is 0 Å². The molecule has 1 aliphatic rings. The number of alkyl halides is 6. The van der Waals surface area contributed by atoms with Crippen LogP contribution in [0.3, 0.4) is 0 Å². The number of amides is 2. The van der Waals surface area contributed by atoms with Gasteiger partial charge >= 0.3 is 24.1 Å². The van der Waals surface area contributed by atoms with E-state index < -0.39 is 41.7 Å². The Kier molecular flexibility index (Phi) is 9.61. The van der Waals surface area contributed by atoms with Gasteiger partial charge in [0.2, 0.25) is 5.91 Å². The average molecular weight is 705 g/mol. The van der Waals surface area contributed by atoms with Crippen molar-refractivity contribution < 1.29 is 45.9 Å². The van der Waals surface area contributed by atoms with Crippen molar-refractivity contribution in [3.05, 3.63) is 143 Å². The van der Waals surface area contributed by atoms with Gasteiger partial charge in [-0.2, -0.15) is 26.3 Å². The van der Waals surface area contributed by atoms with E-state index in [2.05, 4.69) is 10.6 Å². The number of fused-ring (bicyclic) bond motifs is 3. The van der Waals surface area contributed by atoms with Gasteiger partial charge in [0.25, 0.3) is 0 Å². The van der Waals surface area contributed by atoms with Gasteiger partial charge in [-0.05, 0) is 82.5 Å². The van der Waals surface area contributed by atoms with Gasteiger partial charge in [-0.3, -0.25) is 4.79 Å². The van der Waals surface area contributed by atoms with E-state index in [4.69, 9.17) is 0 Å². The minimum atomic E-state index is -4.57. The molecular weight excluding hydrogens is 672 g/mol. The van der Waals surface area contributed by atoms with Crippen LogP contribution in [-0.2, 0) is 22.8 Å². The number of carbonyl (C=O) groups is 2. The number of aryl methyl sites for hydroxylation is 1. The predicted molar refractivity (Wildman–Crippen MR) is 178 cm³/mol. The number of aromatic nitrogens is 1. The topological polar surface area (TPSA) is 82.3 Å². The summed E-state index contributed by atoms with van der Waals surface area (Å²) < 4.78 is 79.4. The fourth-order valence-electron chi connectivity index (χ4n) is 6.74. The van der Waals surface area contributed by atoms with Crippen LogP contribution < -0.4 is 15.4 Å². The number of carbonyl (C=O) groups excluding carboxylic acids is 2. The van der Waals surface area contributed by atoms with Gasteiger partial charge in [0.15, 0.2) is 0 Å². The first-order valence-electron chi connectivity index (χ1n) is 16.1. The van der Waals surface area contributed by atoms with E-state index in [1.165, 1.54) is 30.5 Å². The Morgan fingerprint density at radius 1 is 0.706 bits per heavy atom. The van der Waals surface area contributed by atoms with Gasteiger partial charge in [-0.25, -0.2) is 10.1 Å². The van der Waals surface area contributed by atoms with Crippen LogP contribution in [0.15, 0.2) is 115 Å². The summed E-state index contributed by atoms with van der Waals surface area (Å²) in [5.74, 6) is -1.26. The van der Waals surface area contributed by atoms with E-state index in [-0.39, 0.29) is 17.8 Å². The number of nitrogens with zero attached hydrogens (tertiary/aromatic N) is 1. The van der Waals surface area contributed by atoms with Crippen LogP contribution in [0.2, 0.25) is 0 Å². The lowest BCUT2D eigenvalue weighted by Gasteiger charge is -2.31. The van der Waals surface area contributed by atoms with Gasteiger partial charge in [0.1, 0.15) is 18.2 Å². The van der Waals surface area contributed by atoms with Gasteiger partial charge in [0.05, 0.1) is 11.1 Å². The molecule has 1 aliphatic carbocycles. The highest BCUT2D eigenvalue weighted by Gasteiger charge is 2.49. The highest BCUT2D eigenvalue weighted by Crippen LogP contribution is 2.51. The molecule has 5 aromatic rings. The van der Waals surface area contributed by atoms with Gasteiger partial charge < -0.3 is 10.5 Å². The summed E-state index contributed by atoms with van der Waals surface area (Å²) in [4.78, 5) is 27.0. The van der Waals surface area contributed by atoms with Crippen LogP contribution in [-0.4, -0.2) is 29.7 Å². The lowest BCUT2D eigenvalue weighted by molar-refractivity contribution is -0.893. The quantitative estimate of drug-likeness (QED) is 0.0591. The molecule has 0 bridgehead atoms. The molecule has 0 spiro atoms. The highest BCUT2D eigenvalue weighted by molar-refractivity contribution is 6.08. The molecule has 3 N–H and O–H groups in total. The number of unbranched alkanes of at least 4 members (excludes halogenated alkanes) is 1. The Hall–Kier alpha value is -5.65. The number of halogens is 6. The van der Waals surface area contributed by atoms with E-state index in [1.54, 1.807) is 48.5 Å². The Labute approximate surface area is 289 Å². The Balaban J connectivity index is 1.15. The first-order chi connectivity index (χ1) is 24.3. The molecule has 6 rings (SSSR count). The van der Waals surface area contributed by atoms with Crippen molar-refractivity contribution in [3.8, 4) is 22.3 Å². The number of hydrogen-bond acceptors (Lipinski definition) is 3. The summed E-state index contributed by atoms with van der Waals surface area (Å²) in [6.45, 7) is -1.45. The molecule has 0 saturated heterocycles. The molecule has 2 amide bonds. The Morgan fingerprint density at radius 2 is 1.29 bits per heavy atom. The lowest BCUT2D eigenvalue weighted by Crippen LogP contribution is -2.47. The third kappa shape index (κ3) is 7.30. The maximum atomic E-state index is 13.7. The fourth-order valence-corrected chi connectivity index (χ4v) is 6.74. The molecule has 51 heavy (non-hydrogen) atoms. The zero-order valence-corrected chi connectivity index (χ0v) is 27.0. The Bertz CT molecular complexity index is 2030. The molecule has 0 fully saturated rings. The van der Waals surface area contributed by atoms with Gasteiger partial charge in [0, 0.05) is 6.07 Å². The maximum Gasteiger partial charge on any atom is 0.416 e. The van der Waals surface area contributed by atoms with Gasteiger partial charge in [-0.1, -0.05) is 90.0 Å².